The molecule has 0 spiro atoms. The Morgan fingerprint density at radius 1 is 1.26 bits per heavy atom. The van der Waals surface area contributed by atoms with Crippen molar-refractivity contribution in [3.05, 3.63) is 41.7 Å². The van der Waals surface area contributed by atoms with Gasteiger partial charge >= 0.3 is 0 Å². The first-order chi connectivity index (χ1) is 11.2. The number of carbonyl (C=O) groups is 1. The Labute approximate surface area is 140 Å². The number of hydrogen-bond acceptors (Lipinski definition) is 4. The van der Waals surface area contributed by atoms with Gasteiger partial charge in [-0.3, -0.25) is 9.89 Å². The smallest absolute Gasteiger partial charge is 0.251 e. The number of nitrogens with one attached hydrogen (secondary N) is 2. The van der Waals surface area contributed by atoms with E-state index in [1.165, 1.54) is 19.2 Å². The van der Waals surface area contributed by atoms with Crippen LogP contribution < -0.4 is 5.32 Å². The molecule has 23 heavy (non-hydrogen) atoms. The van der Waals surface area contributed by atoms with Crippen LogP contribution in [0.2, 0.25) is 0 Å². The number of benzene rings is 1. The van der Waals surface area contributed by atoms with Crippen LogP contribution in [-0.2, 0) is 5.75 Å². The topological polar surface area (TPSA) is 70.7 Å². The number of thioether (sulfide) groups is 1. The van der Waals surface area contributed by atoms with E-state index in [4.69, 9.17) is 0 Å². The molecule has 2 aromatic rings. The van der Waals surface area contributed by atoms with Crippen molar-refractivity contribution in [1.82, 2.24) is 20.5 Å². The van der Waals surface area contributed by atoms with Crippen molar-refractivity contribution in [3.8, 4) is 0 Å². The van der Waals surface area contributed by atoms with Gasteiger partial charge in [-0.05, 0) is 49.3 Å². The second-order valence-corrected chi connectivity index (χ2v) is 7.17. The van der Waals surface area contributed by atoms with Crippen LogP contribution >= 0.6 is 11.8 Å². The zero-order valence-corrected chi connectivity index (χ0v) is 14.1. The van der Waals surface area contributed by atoms with Gasteiger partial charge in [-0.15, -0.1) is 0 Å². The van der Waals surface area contributed by atoms with E-state index in [-0.39, 0.29) is 5.91 Å². The first kappa shape index (κ1) is 16.1. The number of H-pyrrole nitrogens is 1. The van der Waals surface area contributed by atoms with Crippen LogP contribution in [-0.4, -0.2) is 27.1 Å². The fraction of sp³-hybridized carbons (Fsp3) is 0.471. The normalized spacial score (nSPS) is 21.1. The van der Waals surface area contributed by atoms with Crippen LogP contribution in [0.3, 0.4) is 0 Å². The summed E-state index contributed by atoms with van der Waals surface area (Å²) in [5.74, 6) is 1.64. The van der Waals surface area contributed by atoms with Gasteiger partial charge in [-0.1, -0.05) is 30.8 Å². The molecular weight excluding hydrogens is 308 g/mol. The molecule has 0 bridgehead atoms. The van der Waals surface area contributed by atoms with Crippen LogP contribution in [0.4, 0.5) is 0 Å². The predicted molar refractivity (Wildman–Crippen MR) is 91.3 cm³/mol. The Morgan fingerprint density at radius 2 is 2.00 bits per heavy atom. The molecule has 2 N–H and O–H groups in total. The van der Waals surface area contributed by atoms with E-state index in [1.54, 1.807) is 11.8 Å². The minimum atomic E-state index is 0.0407. The Morgan fingerprint density at radius 3 is 2.65 bits per heavy atom. The van der Waals surface area contributed by atoms with Crippen molar-refractivity contribution in [2.24, 2.45) is 5.92 Å². The fourth-order valence-electron chi connectivity index (χ4n) is 2.84. The first-order valence-electron chi connectivity index (χ1n) is 8.08. The number of aromatic amines is 1. The Bertz CT molecular complexity index is 619. The molecule has 3 rings (SSSR count). The molecule has 1 saturated carbocycles. The third-order valence-corrected chi connectivity index (χ3v) is 5.28. The number of nitrogens with zero attached hydrogens (tertiary/aromatic N) is 2. The molecule has 0 unspecified atom stereocenters. The minimum absolute atomic E-state index is 0.0407. The number of hydrogen-bond donors (Lipinski definition) is 2. The molecule has 1 heterocycles. The molecule has 0 radical (unpaired) electrons. The van der Waals surface area contributed by atoms with Crippen LogP contribution in [0.5, 0.6) is 0 Å². The lowest BCUT2D eigenvalue weighted by molar-refractivity contribution is 0.0923. The van der Waals surface area contributed by atoms with Gasteiger partial charge in [0.05, 0.1) is 0 Å². The number of rotatable bonds is 5. The molecule has 1 aromatic heterocycles. The molecule has 0 atom stereocenters. The summed E-state index contributed by atoms with van der Waals surface area (Å²) in [7, 11) is 0. The summed E-state index contributed by atoms with van der Waals surface area (Å²) in [6.45, 7) is 2.29. The van der Waals surface area contributed by atoms with Gasteiger partial charge in [0.15, 0.2) is 5.16 Å². The number of amides is 1. The lowest BCUT2D eigenvalue weighted by atomic mass is 9.87. The minimum Gasteiger partial charge on any atom is -0.349 e. The summed E-state index contributed by atoms with van der Waals surface area (Å²) in [4.78, 5) is 16.4. The van der Waals surface area contributed by atoms with Gasteiger partial charge in [0.25, 0.3) is 5.91 Å². The molecule has 0 saturated heterocycles. The average molecular weight is 330 g/mol. The van der Waals surface area contributed by atoms with E-state index in [1.807, 2.05) is 24.3 Å². The molecule has 1 fully saturated rings. The van der Waals surface area contributed by atoms with E-state index in [0.717, 1.165) is 40.8 Å². The summed E-state index contributed by atoms with van der Waals surface area (Å²) in [5.41, 5.74) is 1.89. The molecule has 6 heteroatoms. The summed E-state index contributed by atoms with van der Waals surface area (Å²) in [5, 5.41) is 10.6. The van der Waals surface area contributed by atoms with Crippen molar-refractivity contribution in [3.63, 3.8) is 0 Å². The summed E-state index contributed by atoms with van der Waals surface area (Å²) in [6.07, 6.45) is 6.12. The van der Waals surface area contributed by atoms with Gasteiger partial charge in [-0.25, -0.2) is 4.98 Å². The van der Waals surface area contributed by atoms with Crippen molar-refractivity contribution in [2.75, 3.05) is 0 Å². The van der Waals surface area contributed by atoms with Crippen LogP contribution in [0, 0.1) is 5.92 Å². The molecule has 1 aromatic carbocycles. The standard InChI is InChI=1S/C17H22N4OS/c1-12-2-8-15(9-3-12)20-16(22)14-6-4-13(5-7-14)10-23-17-18-11-19-21-17/h4-7,11-12,15H,2-3,8-10H2,1H3,(H,20,22)(H,18,19,21). The Hall–Kier alpha value is -1.82. The van der Waals surface area contributed by atoms with E-state index in [2.05, 4.69) is 27.4 Å². The monoisotopic (exact) mass is 330 g/mol. The van der Waals surface area contributed by atoms with Crippen LogP contribution in [0.25, 0.3) is 0 Å². The largest absolute Gasteiger partial charge is 0.349 e. The van der Waals surface area contributed by atoms with E-state index in [9.17, 15) is 4.79 Å². The lowest BCUT2D eigenvalue weighted by Gasteiger charge is -2.26. The van der Waals surface area contributed by atoms with Crippen molar-refractivity contribution in [1.29, 1.82) is 0 Å². The van der Waals surface area contributed by atoms with Gasteiger partial charge in [0, 0.05) is 17.4 Å². The van der Waals surface area contributed by atoms with Crippen molar-refractivity contribution < 1.29 is 4.79 Å². The zero-order chi connectivity index (χ0) is 16.1. The Kier molecular flexibility index (Phi) is 5.33. The van der Waals surface area contributed by atoms with Gasteiger partial charge < -0.3 is 5.32 Å². The zero-order valence-electron chi connectivity index (χ0n) is 13.3. The SMILES string of the molecule is CC1CCC(NC(=O)c2ccc(CSc3ncn[nH]3)cc2)CC1. The molecule has 0 aliphatic heterocycles. The third kappa shape index (κ3) is 4.58. The second-order valence-electron chi connectivity index (χ2n) is 6.21. The van der Waals surface area contributed by atoms with Gasteiger partial charge in [0.1, 0.15) is 6.33 Å². The van der Waals surface area contributed by atoms with E-state index in [0.29, 0.717) is 6.04 Å². The van der Waals surface area contributed by atoms with Crippen LogP contribution in [0.15, 0.2) is 35.7 Å². The van der Waals surface area contributed by atoms with Gasteiger partial charge in [0.2, 0.25) is 0 Å². The summed E-state index contributed by atoms with van der Waals surface area (Å²) in [6, 6.07) is 8.14. The highest BCUT2D eigenvalue weighted by molar-refractivity contribution is 7.98. The molecule has 1 aliphatic carbocycles. The lowest BCUT2D eigenvalue weighted by Crippen LogP contribution is -2.37. The summed E-state index contributed by atoms with van der Waals surface area (Å²) < 4.78 is 0. The van der Waals surface area contributed by atoms with E-state index >= 15 is 0 Å². The first-order valence-corrected chi connectivity index (χ1v) is 9.07. The number of aromatic nitrogens is 3. The third-order valence-electron chi connectivity index (χ3n) is 4.34. The van der Waals surface area contributed by atoms with Crippen molar-refractivity contribution in [2.45, 2.75) is 49.6 Å². The maximum absolute atomic E-state index is 12.3. The maximum Gasteiger partial charge on any atom is 0.251 e. The quantitative estimate of drug-likeness (QED) is 0.824. The van der Waals surface area contributed by atoms with Crippen molar-refractivity contribution >= 4 is 17.7 Å². The Balaban J connectivity index is 1.51. The number of carbonyl (C=O) groups excluding carboxylic acids is 1. The van der Waals surface area contributed by atoms with Gasteiger partial charge in [-0.2, -0.15) is 5.10 Å². The highest BCUT2D eigenvalue weighted by atomic mass is 32.2. The average Bonchev–Trinajstić information content (AvgIpc) is 3.09. The maximum atomic E-state index is 12.3. The fourth-order valence-corrected chi connectivity index (χ4v) is 3.58. The molecule has 5 nitrogen and oxygen atoms in total. The molecular formula is C17H22N4OS. The van der Waals surface area contributed by atoms with E-state index < -0.39 is 0 Å². The predicted octanol–water partition coefficient (Wildman–Crippen LogP) is 3.41. The molecule has 1 aliphatic rings. The second kappa shape index (κ2) is 7.64. The van der Waals surface area contributed by atoms with Crippen LogP contribution in [0.1, 0.15) is 48.5 Å². The highest BCUT2D eigenvalue weighted by Gasteiger charge is 2.20. The molecule has 122 valence electrons. The molecule has 1 amide bonds. The summed E-state index contributed by atoms with van der Waals surface area (Å²) >= 11 is 1.59. The highest BCUT2D eigenvalue weighted by Crippen LogP contribution is 2.24.